The number of sulfonamides is 1. The molecule has 1 unspecified atom stereocenters. The Morgan fingerprint density at radius 2 is 1.91 bits per heavy atom. The maximum atomic E-state index is 12.6. The van der Waals surface area contributed by atoms with E-state index in [9.17, 15) is 8.42 Å². The molecule has 124 valence electrons. The molecule has 1 aromatic rings. The van der Waals surface area contributed by atoms with E-state index in [1.165, 1.54) is 0 Å². The van der Waals surface area contributed by atoms with Crippen molar-refractivity contribution < 1.29 is 8.42 Å². The van der Waals surface area contributed by atoms with Gasteiger partial charge in [0.05, 0.1) is 4.90 Å². The summed E-state index contributed by atoms with van der Waals surface area (Å²) in [5, 5.41) is 0. The lowest BCUT2D eigenvalue weighted by atomic mass is 10.2. The van der Waals surface area contributed by atoms with Crippen molar-refractivity contribution in [3.05, 3.63) is 27.7 Å². The first-order valence-electron chi connectivity index (χ1n) is 7.36. The van der Waals surface area contributed by atoms with Gasteiger partial charge in [0.1, 0.15) is 0 Å². The lowest BCUT2D eigenvalue weighted by molar-refractivity contribution is 0.117. The Morgan fingerprint density at radius 3 is 2.59 bits per heavy atom. The summed E-state index contributed by atoms with van der Waals surface area (Å²) in [6, 6.07) is 3.77. The van der Waals surface area contributed by atoms with Crippen LogP contribution in [0.4, 0.5) is 0 Å². The fourth-order valence-electron chi connectivity index (χ4n) is 2.65. The molecule has 1 aliphatic rings. The van der Waals surface area contributed by atoms with E-state index in [2.05, 4.69) is 37.5 Å². The zero-order valence-electron chi connectivity index (χ0n) is 13.6. The number of nitrogens with one attached hydrogen (secondary N) is 1. The van der Waals surface area contributed by atoms with Crippen molar-refractivity contribution in [1.82, 2.24) is 14.5 Å². The molecule has 1 atom stereocenters. The molecule has 1 heterocycles. The summed E-state index contributed by atoms with van der Waals surface area (Å²) in [7, 11) is 0.622. The Hall–Kier alpha value is -0.470. The summed E-state index contributed by atoms with van der Waals surface area (Å²) < 4.78 is 28.9. The van der Waals surface area contributed by atoms with Gasteiger partial charge in [-0.1, -0.05) is 15.9 Å². The third kappa shape index (κ3) is 4.08. The molecule has 1 aliphatic heterocycles. The van der Waals surface area contributed by atoms with Crippen LogP contribution >= 0.6 is 15.9 Å². The van der Waals surface area contributed by atoms with Crippen molar-refractivity contribution in [2.24, 2.45) is 0 Å². The first-order valence-corrected chi connectivity index (χ1v) is 9.63. The molecule has 1 fully saturated rings. The van der Waals surface area contributed by atoms with Crippen molar-refractivity contribution in [1.29, 1.82) is 0 Å². The number of likely N-dealkylation sites (N-methyl/N-ethyl adjacent to an activating group) is 2. The third-order valence-corrected chi connectivity index (χ3v) is 6.65. The van der Waals surface area contributed by atoms with Crippen molar-refractivity contribution in [3.8, 4) is 0 Å². The molecule has 22 heavy (non-hydrogen) atoms. The summed E-state index contributed by atoms with van der Waals surface area (Å²) in [4.78, 5) is 4.80. The number of halogens is 1. The van der Waals surface area contributed by atoms with Gasteiger partial charge in [-0.25, -0.2) is 13.1 Å². The third-order valence-electron chi connectivity index (χ3n) is 4.23. The Morgan fingerprint density at radius 1 is 1.23 bits per heavy atom. The molecule has 0 saturated carbocycles. The average Bonchev–Trinajstić information content (AvgIpc) is 2.43. The number of hydrogen-bond acceptors (Lipinski definition) is 4. The zero-order chi connectivity index (χ0) is 16.5. The van der Waals surface area contributed by atoms with Crippen molar-refractivity contribution in [3.63, 3.8) is 0 Å². The van der Waals surface area contributed by atoms with Gasteiger partial charge in [-0.05, 0) is 51.2 Å². The first-order chi connectivity index (χ1) is 10.2. The predicted molar refractivity (Wildman–Crippen MR) is 92.7 cm³/mol. The average molecular weight is 390 g/mol. The number of benzene rings is 1. The van der Waals surface area contributed by atoms with Crippen molar-refractivity contribution in [2.45, 2.75) is 24.8 Å². The summed E-state index contributed by atoms with van der Waals surface area (Å²) in [6.07, 6.45) is 0. The SMILES string of the molecule is Cc1cc(S(=O)(=O)NCC2CN(C)CCN2C)c(C)cc1Br. The molecule has 5 nitrogen and oxygen atoms in total. The van der Waals surface area contributed by atoms with Crippen LogP contribution in [0.15, 0.2) is 21.5 Å². The molecule has 7 heteroatoms. The van der Waals surface area contributed by atoms with Crippen LogP contribution in [0.5, 0.6) is 0 Å². The van der Waals surface area contributed by atoms with Crippen LogP contribution in [-0.4, -0.2) is 64.5 Å². The van der Waals surface area contributed by atoms with Crippen LogP contribution in [-0.2, 0) is 10.0 Å². The van der Waals surface area contributed by atoms with E-state index in [0.29, 0.717) is 11.4 Å². The van der Waals surface area contributed by atoms with Crippen LogP contribution in [0.2, 0.25) is 0 Å². The highest BCUT2D eigenvalue weighted by Crippen LogP contribution is 2.24. The molecule has 0 radical (unpaired) electrons. The zero-order valence-corrected chi connectivity index (χ0v) is 16.0. The van der Waals surface area contributed by atoms with Gasteiger partial charge in [-0.3, -0.25) is 4.90 Å². The van der Waals surface area contributed by atoms with Gasteiger partial charge < -0.3 is 4.90 Å². The maximum absolute atomic E-state index is 12.6. The molecular formula is C15H24BrN3O2S. The molecule has 0 aliphatic carbocycles. The van der Waals surface area contributed by atoms with E-state index in [4.69, 9.17) is 0 Å². The van der Waals surface area contributed by atoms with Crippen LogP contribution < -0.4 is 4.72 Å². The van der Waals surface area contributed by atoms with Crippen LogP contribution in [0, 0.1) is 13.8 Å². The van der Waals surface area contributed by atoms with Gasteiger partial charge in [-0.15, -0.1) is 0 Å². The molecule has 0 amide bonds. The smallest absolute Gasteiger partial charge is 0.240 e. The van der Waals surface area contributed by atoms with Gasteiger partial charge in [0.2, 0.25) is 10.0 Å². The van der Waals surface area contributed by atoms with E-state index in [0.717, 1.165) is 35.2 Å². The predicted octanol–water partition coefficient (Wildman–Crippen LogP) is 1.59. The molecule has 2 rings (SSSR count). The molecule has 0 spiro atoms. The fraction of sp³-hybridized carbons (Fsp3) is 0.600. The summed E-state index contributed by atoms with van der Waals surface area (Å²) >= 11 is 3.44. The quantitative estimate of drug-likeness (QED) is 0.849. The highest BCUT2D eigenvalue weighted by molar-refractivity contribution is 9.10. The lowest BCUT2D eigenvalue weighted by Crippen LogP contribution is -2.54. The Balaban J connectivity index is 2.13. The van der Waals surface area contributed by atoms with E-state index in [-0.39, 0.29) is 6.04 Å². The maximum Gasteiger partial charge on any atom is 0.240 e. The summed E-state index contributed by atoms with van der Waals surface area (Å²) in [6.45, 7) is 6.99. The Kier molecular flexibility index (Phi) is 5.66. The number of aryl methyl sites for hydroxylation is 2. The summed E-state index contributed by atoms with van der Waals surface area (Å²) in [5.74, 6) is 0. The van der Waals surface area contributed by atoms with E-state index >= 15 is 0 Å². The van der Waals surface area contributed by atoms with Crippen LogP contribution in [0.1, 0.15) is 11.1 Å². The highest BCUT2D eigenvalue weighted by Gasteiger charge is 2.25. The molecule has 0 bridgehead atoms. The van der Waals surface area contributed by atoms with Crippen LogP contribution in [0.3, 0.4) is 0 Å². The first kappa shape index (κ1) is 17.9. The molecule has 1 N–H and O–H groups in total. The monoisotopic (exact) mass is 389 g/mol. The largest absolute Gasteiger partial charge is 0.303 e. The molecule has 1 saturated heterocycles. The second-order valence-corrected chi connectivity index (χ2v) is 8.71. The molecule has 1 aromatic carbocycles. The van der Waals surface area contributed by atoms with Gasteiger partial charge in [0.25, 0.3) is 0 Å². The van der Waals surface area contributed by atoms with E-state index in [1.54, 1.807) is 6.07 Å². The fourth-order valence-corrected chi connectivity index (χ4v) is 4.49. The normalized spacial score (nSPS) is 21.2. The van der Waals surface area contributed by atoms with Crippen molar-refractivity contribution in [2.75, 3.05) is 40.3 Å². The lowest BCUT2D eigenvalue weighted by Gasteiger charge is -2.37. The van der Waals surface area contributed by atoms with E-state index in [1.807, 2.05) is 27.0 Å². The van der Waals surface area contributed by atoms with Crippen molar-refractivity contribution >= 4 is 26.0 Å². The van der Waals surface area contributed by atoms with Crippen LogP contribution in [0.25, 0.3) is 0 Å². The van der Waals surface area contributed by atoms with E-state index < -0.39 is 10.0 Å². The number of nitrogens with zero attached hydrogens (tertiary/aromatic N) is 2. The number of hydrogen-bond donors (Lipinski definition) is 1. The minimum atomic E-state index is -3.49. The second-order valence-electron chi connectivity index (χ2n) is 6.12. The molecular weight excluding hydrogens is 366 g/mol. The molecule has 0 aromatic heterocycles. The number of rotatable bonds is 4. The van der Waals surface area contributed by atoms with Gasteiger partial charge in [-0.2, -0.15) is 0 Å². The van der Waals surface area contributed by atoms with Gasteiger partial charge in [0.15, 0.2) is 0 Å². The minimum Gasteiger partial charge on any atom is -0.303 e. The Bertz CT molecular complexity index is 648. The highest BCUT2D eigenvalue weighted by atomic mass is 79.9. The van der Waals surface area contributed by atoms with Gasteiger partial charge in [0, 0.05) is 36.7 Å². The standard InChI is InChI=1S/C15H24BrN3O2S/c1-11-8-15(12(2)7-14(11)16)22(20,21)17-9-13-10-18(3)5-6-19(13)4/h7-8,13,17H,5-6,9-10H2,1-4H3. The number of piperazine rings is 1. The topological polar surface area (TPSA) is 52.7 Å². The minimum absolute atomic E-state index is 0.199. The summed E-state index contributed by atoms with van der Waals surface area (Å²) in [5.41, 5.74) is 1.67. The second kappa shape index (κ2) is 6.97. The van der Waals surface area contributed by atoms with Gasteiger partial charge >= 0.3 is 0 Å². The Labute approximate surface area is 141 Å².